The normalized spacial score (nSPS) is 14.3. The lowest BCUT2D eigenvalue weighted by atomic mass is 9.84. The number of aryl methyl sites for hydroxylation is 4. The van der Waals surface area contributed by atoms with Gasteiger partial charge in [0.15, 0.2) is 11.5 Å². The lowest BCUT2D eigenvalue weighted by Crippen LogP contribution is -2.16. The van der Waals surface area contributed by atoms with E-state index in [1.165, 1.54) is 70.2 Å². The molecule has 184 valence electrons. The molecule has 0 fully saturated rings. The number of fused-ring (bicyclic) bond motifs is 4. The molecule has 0 saturated carbocycles. The van der Waals surface area contributed by atoms with Crippen LogP contribution < -0.4 is 15.4 Å². The number of benzene rings is 5. The maximum absolute atomic E-state index is 6.37. The molecule has 0 saturated heterocycles. The number of hydrogen-bond acceptors (Lipinski definition) is 3. The van der Waals surface area contributed by atoms with Crippen molar-refractivity contribution in [1.29, 1.82) is 0 Å². The minimum Gasteiger partial charge on any atom is -0.453 e. The van der Waals surface area contributed by atoms with E-state index in [1.54, 1.807) is 0 Å². The first-order chi connectivity index (χ1) is 18.6. The molecule has 0 unspecified atom stereocenters. The van der Waals surface area contributed by atoms with Crippen molar-refractivity contribution in [3.63, 3.8) is 0 Å². The number of nitrogens with two attached hydrogens (primary N) is 1. The SMILES string of the molecule is Nc1ccc2c(c1)Oc1cc(I)ccc1N2c1cc(-c2ccc3c(c2)CC3)cc(-c2ccc3c(c2)CC3)c1. The van der Waals surface area contributed by atoms with E-state index in [4.69, 9.17) is 10.5 Å². The van der Waals surface area contributed by atoms with E-state index in [1.807, 2.05) is 12.1 Å². The fourth-order valence-electron chi connectivity index (χ4n) is 5.90. The van der Waals surface area contributed by atoms with Crippen LogP contribution in [0, 0.1) is 3.57 Å². The average molecular weight is 604 g/mol. The number of hydrogen-bond donors (Lipinski definition) is 1. The largest absolute Gasteiger partial charge is 0.453 e. The summed E-state index contributed by atoms with van der Waals surface area (Å²) in [5.41, 5.74) is 20.9. The molecule has 0 aromatic heterocycles. The van der Waals surface area contributed by atoms with Gasteiger partial charge in [-0.3, -0.25) is 0 Å². The molecule has 3 nitrogen and oxygen atoms in total. The highest BCUT2D eigenvalue weighted by Gasteiger charge is 2.27. The highest BCUT2D eigenvalue weighted by atomic mass is 127. The van der Waals surface area contributed by atoms with E-state index >= 15 is 0 Å². The number of rotatable bonds is 3. The highest BCUT2D eigenvalue weighted by molar-refractivity contribution is 14.1. The molecule has 8 rings (SSSR count). The summed E-state index contributed by atoms with van der Waals surface area (Å²) in [7, 11) is 0. The van der Waals surface area contributed by atoms with Crippen LogP contribution >= 0.6 is 22.6 Å². The first kappa shape index (κ1) is 22.2. The molecule has 0 bridgehead atoms. The van der Waals surface area contributed by atoms with Gasteiger partial charge in [0, 0.05) is 21.0 Å². The van der Waals surface area contributed by atoms with Crippen molar-refractivity contribution in [1.82, 2.24) is 0 Å². The van der Waals surface area contributed by atoms with Crippen LogP contribution in [0.1, 0.15) is 22.3 Å². The Morgan fingerprint density at radius 3 is 1.71 bits per heavy atom. The average Bonchev–Trinajstić information content (AvgIpc) is 2.88. The molecule has 5 aromatic rings. The Balaban J connectivity index is 1.36. The Morgan fingerprint density at radius 2 is 1.13 bits per heavy atom. The summed E-state index contributed by atoms with van der Waals surface area (Å²) in [6.45, 7) is 0. The summed E-state index contributed by atoms with van der Waals surface area (Å²) >= 11 is 2.34. The number of nitrogens with zero attached hydrogens (tertiary/aromatic N) is 1. The van der Waals surface area contributed by atoms with Crippen molar-refractivity contribution in [3.8, 4) is 33.8 Å². The summed E-state index contributed by atoms with van der Waals surface area (Å²) in [6, 6.07) is 33.2. The number of nitrogen functional groups attached to an aromatic ring is 1. The second-order valence-corrected chi connectivity index (χ2v) is 11.8. The van der Waals surface area contributed by atoms with Crippen LogP contribution in [0.3, 0.4) is 0 Å². The molecular formula is C34H25IN2O. The van der Waals surface area contributed by atoms with E-state index in [9.17, 15) is 0 Å². The summed E-state index contributed by atoms with van der Waals surface area (Å²) in [4.78, 5) is 2.32. The molecule has 1 aliphatic heterocycles. The first-order valence-corrected chi connectivity index (χ1v) is 14.2. The Labute approximate surface area is 236 Å². The molecule has 4 heteroatoms. The zero-order valence-corrected chi connectivity index (χ0v) is 23.0. The highest BCUT2D eigenvalue weighted by Crippen LogP contribution is 2.52. The van der Waals surface area contributed by atoms with Crippen LogP contribution in [0.2, 0.25) is 0 Å². The van der Waals surface area contributed by atoms with Gasteiger partial charge in [-0.05, 0) is 141 Å². The van der Waals surface area contributed by atoms with Gasteiger partial charge in [-0.2, -0.15) is 0 Å². The molecular weight excluding hydrogens is 579 g/mol. The molecule has 0 radical (unpaired) electrons. The topological polar surface area (TPSA) is 38.5 Å². The van der Waals surface area contributed by atoms with E-state index in [-0.39, 0.29) is 0 Å². The summed E-state index contributed by atoms with van der Waals surface area (Å²) in [5, 5.41) is 0. The van der Waals surface area contributed by atoms with Crippen molar-refractivity contribution in [2.45, 2.75) is 25.7 Å². The second kappa shape index (κ2) is 8.37. The van der Waals surface area contributed by atoms with Crippen molar-refractivity contribution in [2.24, 2.45) is 0 Å². The van der Waals surface area contributed by atoms with Crippen LogP contribution in [0.5, 0.6) is 11.5 Å². The Hall–Kier alpha value is -3.77. The van der Waals surface area contributed by atoms with Gasteiger partial charge in [-0.15, -0.1) is 0 Å². The standard InChI is InChI=1S/C34H25IN2O/c35-28-9-11-31-33(18-28)38-34-19-29(36)10-12-32(34)37(31)30-16-26(24-7-3-20-1-5-22(20)13-24)15-27(17-30)25-8-4-21-2-6-23(21)14-25/h3-4,7-19H,1-2,5-6,36H2. The van der Waals surface area contributed by atoms with Gasteiger partial charge in [0.1, 0.15) is 0 Å². The van der Waals surface area contributed by atoms with Crippen LogP contribution in [0.25, 0.3) is 22.3 Å². The minimum absolute atomic E-state index is 0.691. The van der Waals surface area contributed by atoms with Gasteiger partial charge in [0.2, 0.25) is 0 Å². The van der Waals surface area contributed by atoms with Gasteiger partial charge in [0.05, 0.1) is 11.4 Å². The van der Waals surface area contributed by atoms with Gasteiger partial charge in [-0.1, -0.05) is 36.4 Å². The third-order valence-electron chi connectivity index (χ3n) is 8.19. The van der Waals surface area contributed by atoms with E-state index in [0.29, 0.717) is 5.69 Å². The van der Waals surface area contributed by atoms with E-state index < -0.39 is 0 Å². The number of halogens is 1. The predicted octanol–water partition coefficient (Wildman–Crippen LogP) is 8.98. The smallest absolute Gasteiger partial charge is 0.153 e. The number of ether oxygens (including phenoxy) is 1. The molecule has 2 aliphatic carbocycles. The zero-order valence-electron chi connectivity index (χ0n) is 20.8. The van der Waals surface area contributed by atoms with Crippen molar-refractivity contribution < 1.29 is 4.74 Å². The maximum Gasteiger partial charge on any atom is 0.153 e. The van der Waals surface area contributed by atoms with Crippen LogP contribution in [0.15, 0.2) is 91.0 Å². The van der Waals surface area contributed by atoms with Gasteiger partial charge in [-0.25, -0.2) is 0 Å². The quantitative estimate of drug-likeness (QED) is 0.162. The third-order valence-corrected chi connectivity index (χ3v) is 8.86. The monoisotopic (exact) mass is 604 g/mol. The Kier molecular flexibility index (Phi) is 4.90. The molecule has 0 spiro atoms. The molecule has 3 aliphatic rings. The molecule has 1 heterocycles. The van der Waals surface area contributed by atoms with Crippen LogP contribution in [0.4, 0.5) is 22.7 Å². The summed E-state index contributed by atoms with van der Waals surface area (Å²) in [5.74, 6) is 1.61. The third kappa shape index (κ3) is 3.54. The molecule has 5 aromatic carbocycles. The van der Waals surface area contributed by atoms with Gasteiger partial charge < -0.3 is 15.4 Å². The van der Waals surface area contributed by atoms with Gasteiger partial charge >= 0.3 is 0 Å². The molecule has 2 N–H and O–H groups in total. The Morgan fingerprint density at radius 1 is 0.553 bits per heavy atom. The first-order valence-electron chi connectivity index (χ1n) is 13.2. The zero-order chi connectivity index (χ0) is 25.4. The lowest BCUT2D eigenvalue weighted by molar-refractivity contribution is 0.477. The predicted molar refractivity (Wildman–Crippen MR) is 164 cm³/mol. The maximum atomic E-state index is 6.37. The molecule has 0 atom stereocenters. The van der Waals surface area contributed by atoms with Crippen LogP contribution in [-0.4, -0.2) is 0 Å². The minimum atomic E-state index is 0.691. The molecule has 0 amide bonds. The lowest BCUT2D eigenvalue weighted by Gasteiger charge is -2.34. The second-order valence-electron chi connectivity index (χ2n) is 10.5. The van der Waals surface area contributed by atoms with Crippen molar-refractivity contribution in [2.75, 3.05) is 10.6 Å². The van der Waals surface area contributed by atoms with Gasteiger partial charge in [0.25, 0.3) is 0 Å². The Bertz CT molecular complexity index is 1670. The summed E-state index contributed by atoms with van der Waals surface area (Å²) in [6.07, 6.45) is 4.73. The van der Waals surface area contributed by atoms with Crippen molar-refractivity contribution in [3.05, 3.63) is 117 Å². The fraction of sp³-hybridized carbons (Fsp3) is 0.118. The van der Waals surface area contributed by atoms with Crippen molar-refractivity contribution >= 4 is 45.3 Å². The van der Waals surface area contributed by atoms with Crippen LogP contribution in [-0.2, 0) is 25.7 Å². The van der Waals surface area contributed by atoms with E-state index in [0.717, 1.165) is 32.1 Å². The fourth-order valence-corrected chi connectivity index (χ4v) is 6.36. The molecule has 38 heavy (non-hydrogen) atoms. The van der Waals surface area contributed by atoms with E-state index in [2.05, 4.69) is 106 Å². The summed E-state index contributed by atoms with van der Waals surface area (Å²) < 4.78 is 7.50. The number of anilines is 4.